The minimum absolute atomic E-state index is 0.105. The van der Waals surface area contributed by atoms with E-state index in [4.69, 9.17) is 0 Å². The molecule has 0 aliphatic heterocycles. The van der Waals surface area contributed by atoms with E-state index in [-0.39, 0.29) is 11.1 Å². The van der Waals surface area contributed by atoms with Crippen molar-refractivity contribution >= 4 is 11.3 Å². The molecule has 2 rings (SSSR count). The van der Waals surface area contributed by atoms with E-state index in [1.807, 2.05) is 0 Å². The highest BCUT2D eigenvalue weighted by atomic mass is 32.1. The zero-order valence-electron chi connectivity index (χ0n) is 12.1. The van der Waals surface area contributed by atoms with Crippen LogP contribution in [0.15, 0.2) is 23.1 Å². The van der Waals surface area contributed by atoms with Gasteiger partial charge in [0, 0.05) is 29.8 Å². The van der Waals surface area contributed by atoms with Crippen LogP contribution in [0.3, 0.4) is 0 Å². The van der Waals surface area contributed by atoms with Gasteiger partial charge in [0.2, 0.25) is 5.56 Å². The molecule has 20 heavy (non-hydrogen) atoms. The van der Waals surface area contributed by atoms with Gasteiger partial charge >= 0.3 is 0 Å². The molecule has 108 valence electrons. The fraction of sp³-hybridized carbons (Fsp3) is 0.500. The first kappa shape index (κ1) is 14.9. The van der Waals surface area contributed by atoms with Crippen LogP contribution in [0.25, 0.3) is 10.6 Å². The maximum Gasteiger partial charge on any atom is 0.247 e. The summed E-state index contributed by atoms with van der Waals surface area (Å²) in [7, 11) is 0. The summed E-state index contributed by atoms with van der Waals surface area (Å²) in [6, 6.07) is 3.27. The summed E-state index contributed by atoms with van der Waals surface area (Å²) in [5.74, 6) is 0. The average molecular weight is 292 g/mol. The Morgan fingerprint density at radius 3 is 2.75 bits per heavy atom. The van der Waals surface area contributed by atoms with Crippen LogP contribution in [0.1, 0.15) is 32.2 Å². The number of pyridine rings is 1. The van der Waals surface area contributed by atoms with Crippen LogP contribution in [0.4, 0.5) is 0 Å². The third-order valence-corrected chi connectivity index (χ3v) is 3.75. The van der Waals surface area contributed by atoms with E-state index in [0.29, 0.717) is 0 Å². The molecule has 0 saturated heterocycles. The predicted molar refractivity (Wildman–Crippen MR) is 82.0 cm³/mol. The van der Waals surface area contributed by atoms with Crippen molar-refractivity contribution in [2.45, 2.75) is 39.2 Å². The van der Waals surface area contributed by atoms with Crippen molar-refractivity contribution in [2.75, 3.05) is 6.54 Å². The molecule has 2 heterocycles. The Morgan fingerprint density at radius 1 is 1.30 bits per heavy atom. The van der Waals surface area contributed by atoms with Gasteiger partial charge in [0.05, 0.1) is 0 Å². The van der Waals surface area contributed by atoms with E-state index in [1.54, 1.807) is 23.6 Å². The lowest BCUT2D eigenvalue weighted by atomic mass is 10.1. The topological polar surface area (TPSA) is 70.7 Å². The number of aromatic nitrogens is 3. The molecule has 5 nitrogen and oxygen atoms in total. The van der Waals surface area contributed by atoms with Gasteiger partial charge in [-0.15, -0.1) is 10.2 Å². The summed E-state index contributed by atoms with van der Waals surface area (Å²) < 4.78 is 0. The van der Waals surface area contributed by atoms with Crippen LogP contribution in [0.2, 0.25) is 0 Å². The maximum absolute atomic E-state index is 11.0. The van der Waals surface area contributed by atoms with Crippen LogP contribution in [0.5, 0.6) is 0 Å². The number of nitrogens with zero attached hydrogens (tertiary/aromatic N) is 2. The van der Waals surface area contributed by atoms with Gasteiger partial charge in [-0.25, -0.2) is 0 Å². The standard InChI is InChI=1S/C14H20N4OS/c1-14(2,3)16-8-4-5-12-17-18-13(20-12)10-6-7-11(19)15-9-10/h6-7,9,16H,4-5,8H2,1-3H3,(H,15,19). The summed E-state index contributed by atoms with van der Waals surface area (Å²) in [5.41, 5.74) is 0.954. The second-order valence-electron chi connectivity index (χ2n) is 5.72. The number of hydrogen-bond donors (Lipinski definition) is 2. The van der Waals surface area contributed by atoms with Gasteiger partial charge in [0.15, 0.2) is 0 Å². The summed E-state index contributed by atoms with van der Waals surface area (Å²) >= 11 is 1.58. The van der Waals surface area contributed by atoms with Crippen LogP contribution in [-0.2, 0) is 6.42 Å². The van der Waals surface area contributed by atoms with Gasteiger partial charge in [-0.05, 0) is 39.8 Å². The summed E-state index contributed by atoms with van der Waals surface area (Å²) in [6.07, 6.45) is 3.63. The fourth-order valence-electron chi connectivity index (χ4n) is 1.72. The highest BCUT2D eigenvalue weighted by Crippen LogP contribution is 2.22. The van der Waals surface area contributed by atoms with E-state index < -0.39 is 0 Å². The summed E-state index contributed by atoms with van der Waals surface area (Å²) in [6.45, 7) is 7.45. The van der Waals surface area contributed by atoms with Crippen LogP contribution in [0, 0.1) is 0 Å². The summed E-state index contributed by atoms with van der Waals surface area (Å²) in [5, 5.41) is 13.7. The van der Waals surface area contributed by atoms with Crippen molar-refractivity contribution in [2.24, 2.45) is 0 Å². The SMILES string of the molecule is CC(C)(C)NCCCc1nnc(-c2ccc(=O)[nH]c2)s1. The van der Waals surface area contributed by atoms with Gasteiger partial charge in [0.25, 0.3) is 0 Å². The Kier molecular flexibility index (Phi) is 4.67. The van der Waals surface area contributed by atoms with Crippen molar-refractivity contribution in [3.63, 3.8) is 0 Å². The maximum atomic E-state index is 11.0. The Hall–Kier alpha value is -1.53. The lowest BCUT2D eigenvalue weighted by Crippen LogP contribution is -2.36. The first-order valence-electron chi connectivity index (χ1n) is 6.70. The van der Waals surface area contributed by atoms with Gasteiger partial charge in [-0.1, -0.05) is 11.3 Å². The lowest BCUT2D eigenvalue weighted by molar-refractivity contribution is 0.422. The molecule has 0 bridgehead atoms. The number of aryl methyl sites for hydroxylation is 1. The molecule has 0 aliphatic carbocycles. The van der Waals surface area contributed by atoms with Gasteiger partial charge < -0.3 is 10.3 Å². The molecular weight excluding hydrogens is 272 g/mol. The molecule has 6 heteroatoms. The smallest absolute Gasteiger partial charge is 0.247 e. The predicted octanol–water partition coefficient (Wildman–Crippen LogP) is 2.21. The highest BCUT2D eigenvalue weighted by Gasteiger charge is 2.09. The fourth-order valence-corrected chi connectivity index (χ4v) is 2.60. The first-order chi connectivity index (χ1) is 9.44. The zero-order valence-corrected chi connectivity index (χ0v) is 12.9. The molecule has 2 aromatic heterocycles. The monoisotopic (exact) mass is 292 g/mol. The molecule has 0 spiro atoms. The average Bonchev–Trinajstić information content (AvgIpc) is 2.83. The molecule has 0 radical (unpaired) electrons. The first-order valence-corrected chi connectivity index (χ1v) is 7.52. The van der Waals surface area contributed by atoms with Crippen molar-refractivity contribution in [3.8, 4) is 10.6 Å². The van der Waals surface area contributed by atoms with E-state index in [1.165, 1.54) is 6.07 Å². The van der Waals surface area contributed by atoms with Crippen LogP contribution >= 0.6 is 11.3 Å². The van der Waals surface area contributed by atoms with Crippen molar-refractivity contribution in [3.05, 3.63) is 33.7 Å². The van der Waals surface area contributed by atoms with Gasteiger partial charge in [-0.3, -0.25) is 4.79 Å². The Morgan fingerprint density at radius 2 is 2.10 bits per heavy atom. The number of nitrogens with one attached hydrogen (secondary N) is 2. The highest BCUT2D eigenvalue weighted by molar-refractivity contribution is 7.14. The molecule has 0 aromatic carbocycles. The van der Waals surface area contributed by atoms with Gasteiger partial charge in [0.1, 0.15) is 10.0 Å². The second-order valence-corrected chi connectivity index (χ2v) is 6.78. The minimum atomic E-state index is -0.105. The molecular formula is C14H20N4OS. The van der Waals surface area contributed by atoms with Crippen LogP contribution < -0.4 is 10.9 Å². The Bertz CT molecular complexity index is 592. The zero-order chi connectivity index (χ0) is 14.6. The molecule has 0 saturated carbocycles. The third kappa shape index (κ3) is 4.54. The Labute approximate surface area is 122 Å². The largest absolute Gasteiger partial charge is 0.328 e. The molecule has 0 unspecified atom stereocenters. The lowest BCUT2D eigenvalue weighted by Gasteiger charge is -2.20. The van der Waals surface area contributed by atoms with Crippen molar-refractivity contribution in [1.29, 1.82) is 0 Å². The molecule has 0 aliphatic rings. The summed E-state index contributed by atoms with van der Waals surface area (Å²) in [4.78, 5) is 13.7. The number of rotatable bonds is 5. The third-order valence-electron chi connectivity index (χ3n) is 2.72. The number of aromatic amines is 1. The second kappa shape index (κ2) is 6.28. The minimum Gasteiger partial charge on any atom is -0.328 e. The number of H-pyrrole nitrogens is 1. The van der Waals surface area contributed by atoms with Crippen molar-refractivity contribution < 1.29 is 0 Å². The number of hydrogen-bond acceptors (Lipinski definition) is 5. The normalized spacial score (nSPS) is 11.8. The van der Waals surface area contributed by atoms with Crippen molar-refractivity contribution in [1.82, 2.24) is 20.5 Å². The van der Waals surface area contributed by atoms with E-state index >= 15 is 0 Å². The quantitative estimate of drug-likeness (QED) is 0.829. The Balaban J connectivity index is 1.89. The van der Waals surface area contributed by atoms with E-state index in [9.17, 15) is 4.79 Å². The van der Waals surface area contributed by atoms with E-state index in [2.05, 4.69) is 41.3 Å². The molecule has 0 atom stereocenters. The van der Waals surface area contributed by atoms with Gasteiger partial charge in [-0.2, -0.15) is 0 Å². The molecule has 2 aromatic rings. The molecule has 0 fully saturated rings. The molecule has 0 amide bonds. The van der Waals surface area contributed by atoms with Crippen LogP contribution in [-0.4, -0.2) is 27.3 Å². The molecule has 2 N–H and O–H groups in total. The van der Waals surface area contributed by atoms with E-state index in [0.717, 1.165) is 35.0 Å².